The number of likely N-dealkylation sites (tertiary alicyclic amines) is 1. The van der Waals surface area contributed by atoms with Gasteiger partial charge in [-0.25, -0.2) is 0 Å². The van der Waals surface area contributed by atoms with Gasteiger partial charge in [0.25, 0.3) is 5.69 Å². The monoisotopic (exact) mass is 690 g/mol. The molecule has 2 amide bonds. The summed E-state index contributed by atoms with van der Waals surface area (Å²) in [5, 5.41) is 18.1. The molecule has 12 nitrogen and oxygen atoms in total. The van der Waals surface area contributed by atoms with Gasteiger partial charge in [-0.3, -0.25) is 24.7 Å². The topological polar surface area (TPSA) is 157 Å². The number of benzene rings is 3. The van der Waals surface area contributed by atoms with Gasteiger partial charge in [-0.2, -0.15) is 0 Å². The van der Waals surface area contributed by atoms with Crippen LogP contribution in [0.3, 0.4) is 0 Å². The van der Waals surface area contributed by atoms with Crippen molar-refractivity contribution in [3.63, 3.8) is 0 Å². The number of hydrogen-bond acceptors (Lipinski definition) is 7. The fourth-order valence-electron chi connectivity index (χ4n) is 7.71. The highest BCUT2D eigenvalue weighted by molar-refractivity contribution is 5.94. The number of amides is 2. The fraction of sp³-hybridized carbons (Fsp3) is 0.410. The van der Waals surface area contributed by atoms with Crippen molar-refractivity contribution in [3.05, 3.63) is 134 Å². The van der Waals surface area contributed by atoms with E-state index < -0.39 is 16.9 Å². The van der Waals surface area contributed by atoms with Gasteiger partial charge in [0, 0.05) is 41.3 Å². The summed E-state index contributed by atoms with van der Waals surface area (Å²) in [4.78, 5) is 48.0. The van der Waals surface area contributed by atoms with E-state index in [-0.39, 0.29) is 11.1 Å². The van der Waals surface area contributed by atoms with Crippen molar-refractivity contribution in [1.82, 2.24) is 15.1 Å². The first-order valence-corrected chi connectivity index (χ1v) is 17.8. The maximum Gasteiger partial charge on any atom is 0.269 e. The van der Waals surface area contributed by atoms with Gasteiger partial charge in [0.2, 0.25) is 12.8 Å². The number of nitrogens with zero attached hydrogens (tertiary/aromatic N) is 7. The second kappa shape index (κ2) is 18.1. The molecule has 2 aliphatic heterocycles. The molecule has 0 bridgehead atoms. The normalized spacial score (nSPS) is 18.6. The highest BCUT2D eigenvalue weighted by Crippen LogP contribution is 2.42. The van der Waals surface area contributed by atoms with Crippen molar-refractivity contribution >= 4 is 24.2 Å². The third-order valence-corrected chi connectivity index (χ3v) is 10.3. The number of aliphatic imine (C=N–C) groups is 1. The first kappa shape index (κ1) is 36.9. The highest BCUT2D eigenvalue weighted by Gasteiger charge is 2.39. The molecular weight excluding hydrogens is 644 g/mol. The molecule has 0 aliphatic carbocycles. The van der Waals surface area contributed by atoms with E-state index in [1.807, 2.05) is 6.92 Å². The Bertz CT molecular complexity index is 1690. The molecule has 266 valence electrons. The molecule has 12 heteroatoms. The highest BCUT2D eigenvalue weighted by atomic mass is 16.6. The molecule has 3 aromatic rings. The van der Waals surface area contributed by atoms with Gasteiger partial charge in [-0.05, 0) is 86.8 Å². The first-order chi connectivity index (χ1) is 24.9. The smallest absolute Gasteiger partial charge is 0.269 e. The fourth-order valence-corrected chi connectivity index (χ4v) is 7.71. The number of nitrogens with one attached hydrogen (secondary N) is 1. The lowest BCUT2D eigenvalue weighted by molar-refractivity contribution is -0.384. The summed E-state index contributed by atoms with van der Waals surface area (Å²) < 4.78 is 0. The van der Waals surface area contributed by atoms with E-state index in [0.29, 0.717) is 50.9 Å². The summed E-state index contributed by atoms with van der Waals surface area (Å²) in [5.74, 6) is -0.492. The molecule has 2 aliphatic rings. The third-order valence-electron chi connectivity index (χ3n) is 10.3. The van der Waals surface area contributed by atoms with E-state index in [9.17, 15) is 19.7 Å². The lowest BCUT2D eigenvalue weighted by atomic mass is 9.68. The summed E-state index contributed by atoms with van der Waals surface area (Å²) in [6.07, 6.45) is 6.61. The average Bonchev–Trinajstić information content (AvgIpc) is 3.18. The molecule has 3 aromatic carbocycles. The zero-order valence-corrected chi connectivity index (χ0v) is 29.1. The number of azide groups is 1. The van der Waals surface area contributed by atoms with Gasteiger partial charge in [0.05, 0.1) is 28.3 Å². The van der Waals surface area contributed by atoms with Crippen molar-refractivity contribution in [3.8, 4) is 0 Å². The molecule has 1 N–H and O–H groups in total. The third kappa shape index (κ3) is 8.71. The van der Waals surface area contributed by atoms with Crippen molar-refractivity contribution < 1.29 is 14.5 Å². The van der Waals surface area contributed by atoms with Gasteiger partial charge in [-0.15, -0.1) is 0 Å². The molecule has 51 heavy (non-hydrogen) atoms. The number of nitro groups is 1. The quantitative estimate of drug-likeness (QED) is 0.0282. The summed E-state index contributed by atoms with van der Waals surface area (Å²) >= 11 is 0. The van der Waals surface area contributed by atoms with Crippen molar-refractivity contribution in [2.75, 3.05) is 32.7 Å². The minimum absolute atomic E-state index is 0.0417. The van der Waals surface area contributed by atoms with Crippen LogP contribution in [0, 0.1) is 10.1 Å². The van der Waals surface area contributed by atoms with Crippen molar-refractivity contribution in [1.29, 1.82) is 0 Å². The molecule has 2 atom stereocenters. The maximum atomic E-state index is 13.0. The van der Waals surface area contributed by atoms with Crippen LogP contribution in [0.5, 0.6) is 0 Å². The van der Waals surface area contributed by atoms with E-state index in [2.05, 4.69) is 80.9 Å². The van der Waals surface area contributed by atoms with Crippen LogP contribution in [-0.4, -0.2) is 72.0 Å². The number of piperidine rings is 1. The predicted molar refractivity (Wildman–Crippen MR) is 198 cm³/mol. The standard InChI is InChI=1S/C39H46N8O4/c1-2-34-37(41-28-48)36(30-17-19-33(20-18-30)47(50)51)38(35(43-34)16-9-10-23-42-44-40)46(29-49)25-11-24-45-26-21-39(22-27-45,31-12-5-3-6-13-31)32-14-7-4-8-15-32/h3-8,12-15,17-20,28-29,36-37H,2,9-11,16,21-27H2,1H3,(H,41,48). The number of carbonyl (C=O) groups is 2. The number of unbranched alkanes of at least 4 members (excludes halogenated alkanes) is 1. The summed E-state index contributed by atoms with van der Waals surface area (Å²) in [6, 6.07) is 27.3. The van der Waals surface area contributed by atoms with Crippen LogP contribution in [0.1, 0.15) is 74.5 Å². The van der Waals surface area contributed by atoms with Gasteiger partial charge in [0.1, 0.15) is 0 Å². The number of hydrogen-bond donors (Lipinski definition) is 1. The molecule has 2 heterocycles. The van der Waals surface area contributed by atoms with Crippen LogP contribution in [-0.2, 0) is 15.0 Å². The van der Waals surface area contributed by atoms with Crippen LogP contribution >= 0.6 is 0 Å². The molecule has 0 saturated carbocycles. The molecule has 0 radical (unpaired) electrons. The summed E-state index contributed by atoms with van der Waals surface area (Å²) in [6.45, 7) is 5.41. The van der Waals surface area contributed by atoms with Crippen LogP contribution in [0.4, 0.5) is 5.69 Å². The average molecular weight is 691 g/mol. The van der Waals surface area contributed by atoms with Gasteiger partial charge in [0.15, 0.2) is 0 Å². The lowest BCUT2D eigenvalue weighted by Gasteiger charge is -2.43. The van der Waals surface area contributed by atoms with Crippen LogP contribution in [0.15, 0.2) is 106 Å². The summed E-state index contributed by atoms with van der Waals surface area (Å²) in [5.41, 5.74) is 14.2. The van der Waals surface area contributed by atoms with Crippen LogP contribution < -0.4 is 5.32 Å². The van der Waals surface area contributed by atoms with E-state index in [4.69, 9.17) is 10.5 Å². The van der Waals surface area contributed by atoms with E-state index in [1.54, 1.807) is 17.0 Å². The minimum atomic E-state index is -0.537. The van der Waals surface area contributed by atoms with E-state index in [1.165, 1.54) is 23.3 Å². The Morgan fingerprint density at radius 2 is 1.65 bits per heavy atom. The Hall–Kier alpha value is -5.32. The largest absolute Gasteiger partial charge is 0.350 e. The Morgan fingerprint density at radius 3 is 2.20 bits per heavy atom. The second-order valence-electron chi connectivity index (χ2n) is 13.1. The Kier molecular flexibility index (Phi) is 13.1. The predicted octanol–water partition coefficient (Wildman–Crippen LogP) is 7.28. The minimum Gasteiger partial charge on any atom is -0.350 e. The number of nitro benzene ring substituents is 1. The molecule has 1 saturated heterocycles. The van der Waals surface area contributed by atoms with Crippen molar-refractivity contribution in [2.45, 2.75) is 69.2 Å². The number of rotatable bonds is 18. The molecule has 0 aromatic heterocycles. The summed E-state index contributed by atoms with van der Waals surface area (Å²) in [7, 11) is 0. The van der Waals surface area contributed by atoms with Crippen LogP contribution in [0.25, 0.3) is 10.4 Å². The zero-order chi connectivity index (χ0) is 36.1. The molecule has 2 unspecified atom stereocenters. The Labute approximate surface area is 299 Å². The SMILES string of the molecule is CCC1=NC(CCCCN=[N+]=[N-])=C(N(C=O)CCCN2CCC(c3ccccc3)(c3ccccc3)CC2)C(c2ccc([N+](=O)[O-])cc2)C1NC=O. The first-order valence-electron chi connectivity index (χ1n) is 17.8. The Balaban J connectivity index is 1.39. The van der Waals surface area contributed by atoms with E-state index in [0.717, 1.165) is 62.3 Å². The maximum absolute atomic E-state index is 13.0. The van der Waals surface area contributed by atoms with Gasteiger partial charge < -0.3 is 15.1 Å². The van der Waals surface area contributed by atoms with Gasteiger partial charge >= 0.3 is 0 Å². The molecule has 0 spiro atoms. The number of allylic oxidation sites excluding steroid dienone is 1. The molecule has 1 fully saturated rings. The van der Waals surface area contributed by atoms with Crippen LogP contribution in [0.2, 0.25) is 0 Å². The zero-order valence-electron chi connectivity index (χ0n) is 29.1. The number of non-ortho nitro benzene ring substituents is 1. The lowest BCUT2D eigenvalue weighted by Crippen LogP contribution is -2.47. The Morgan fingerprint density at radius 1 is 1.00 bits per heavy atom. The van der Waals surface area contributed by atoms with Crippen molar-refractivity contribution in [2.24, 2.45) is 10.1 Å². The van der Waals surface area contributed by atoms with Gasteiger partial charge in [-0.1, -0.05) is 84.8 Å². The molecular formula is C39H46N8O4. The second-order valence-corrected chi connectivity index (χ2v) is 13.1. The molecule has 5 rings (SSSR count). The van der Waals surface area contributed by atoms with E-state index >= 15 is 0 Å². The number of carbonyl (C=O) groups excluding carboxylic acids is 2.